The Labute approximate surface area is 197 Å². The molecule has 2 fully saturated rings. The Balaban J connectivity index is 1.55. The molecule has 2 aliphatic rings. The number of likely N-dealkylation sites (tertiary alicyclic amines) is 1. The van der Waals surface area contributed by atoms with Gasteiger partial charge in [-0.1, -0.05) is 0 Å². The summed E-state index contributed by atoms with van der Waals surface area (Å²) in [4.78, 5) is 30.6. The average Bonchev–Trinajstić information content (AvgIpc) is 3.19. The Morgan fingerprint density at radius 3 is 2.29 bits per heavy atom. The molecule has 3 unspecified atom stereocenters. The van der Waals surface area contributed by atoms with Crippen molar-refractivity contribution in [1.82, 2.24) is 9.88 Å². The summed E-state index contributed by atoms with van der Waals surface area (Å²) in [6, 6.07) is 9.06. The molecule has 4 rings (SSSR count). The van der Waals surface area contributed by atoms with E-state index in [0.29, 0.717) is 29.9 Å². The number of piperidine rings is 1. The maximum atomic E-state index is 13.4. The van der Waals surface area contributed by atoms with Crippen LogP contribution in [0.15, 0.2) is 36.4 Å². The van der Waals surface area contributed by atoms with Crippen LogP contribution in [0.3, 0.4) is 0 Å². The van der Waals surface area contributed by atoms with Gasteiger partial charge in [0.05, 0.1) is 5.69 Å². The molecule has 1 aromatic carbocycles. The first kappa shape index (κ1) is 23.9. The van der Waals surface area contributed by atoms with Crippen LogP contribution >= 0.6 is 0 Å². The van der Waals surface area contributed by atoms with E-state index in [9.17, 15) is 19.1 Å². The smallest absolute Gasteiger partial charge is 0.410 e. The van der Waals surface area contributed by atoms with E-state index in [2.05, 4.69) is 4.98 Å². The van der Waals surface area contributed by atoms with Crippen LogP contribution in [0.1, 0.15) is 33.3 Å². The fourth-order valence-electron chi connectivity index (χ4n) is 4.24. The van der Waals surface area contributed by atoms with Crippen LogP contribution in [-0.4, -0.2) is 58.4 Å². The Morgan fingerprint density at radius 1 is 1.15 bits per heavy atom. The zero-order valence-electron chi connectivity index (χ0n) is 19.7. The number of rotatable bonds is 6. The van der Waals surface area contributed by atoms with Gasteiger partial charge in [-0.05, 0) is 63.6 Å². The highest BCUT2D eigenvalue weighted by atomic mass is 19.1. The van der Waals surface area contributed by atoms with Gasteiger partial charge in [0.1, 0.15) is 22.9 Å². The predicted molar refractivity (Wildman–Crippen MR) is 123 cm³/mol. The van der Waals surface area contributed by atoms with Crippen LogP contribution in [-0.2, 0) is 14.9 Å². The van der Waals surface area contributed by atoms with E-state index in [-0.39, 0.29) is 42.3 Å². The zero-order valence-corrected chi connectivity index (χ0v) is 19.7. The maximum absolute atomic E-state index is 13.4. The van der Waals surface area contributed by atoms with Gasteiger partial charge in [-0.25, -0.2) is 14.2 Å². The van der Waals surface area contributed by atoms with Gasteiger partial charge in [-0.2, -0.15) is 0 Å². The number of carbonyl (C=O) groups is 2. The third kappa shape index (κ3) is 4.70. The summed E-state index contributed by atoms with van der Waals surface area (Å²) in [7, 11) is 0. The number of ether oxygens (including phenoxy) is 2. The van der Waals surface area contributed by atoms with E-state index in [1.54, 1.807) is 36.1 Å². The van der Waals surface area contributed by atoms with Gasteiger partial charge >= 0.3 is 12.1 Å². The van der Waals surface area contributed by atoms with Gasteiger partial charge in [-0.3, -0.25) is 4.79 Å². The molecular formula is C25H30FN3O5. The lowest BCUT2D eigenvalue weighted by Crippen LogP contribution is -2.40. The van der Waals surface area contributed by atoms with Crippen LogP contribution in [0.2, 0.25) is 0 Å². The number of carboxylic acid groups (broad SMARTS) is 1. The predicted octanol–water partition coefficient (Wildman–Crippen LogP) is 3.43. The molecule has 0 radical (unpaired) electrons. The number of carbonyl (C=O) groups excluding carboxylic acids is 1. The second kappa shape index (κ2) is 8.54. The molecule has 1 aliphatic heterocycles. The lowest BCUT2D eigenvalue weighted by Gasteiger charge is -2.26. The third-order valence-corrected chi connectivity index (χ3v) is 6.48. The SMILES string of the molecule is CC(C)(C)OC(=O)N1CC2C(C1)C2Oc1cc(C(C)(CN)C(=O)O)cc(-c2ccc(F)cc2)n1. The number of aromatic nitrogens is 1. The molecule has 1 amide bonds. The molecular weight excluding hydrogens is 441 g/mol. The van der Waals surface area contributed by atoms with Crippen molar-refractivity contribution < 1.29 is 28.6 Å². The van der Waals surface area contributed by atoms with Gasteiger partial charge in [0.2, 0.25) is 5.88 Å². The van der Waals surface area contributed by atoms with Crippen LogP contribution in [0.4, 0.5) is 9.18 Å². The first-order valence-corrected chi connectivity index (χ1v) is 11.3. The number of carboxylic acids is 1. The average molecular weight is 472 g/mol. The number of hydrogen-bond acceptors (Lipinski definition) is 6. The number of nitrogens with two attached hydrogens (primary N) is 1. The topological polar surface area (TPSA) is 115 Å². The lowest BCUT2D eigenvalue weighted by molar-refractivity contribution is -0.142. The molecule has 1 saturated carbocycles. The van der Waals surface area contributed by atoms with Crippen molar-refractivity contribution in [2.75, 3.05) is 19.6 Å². The van der Waals surface area contributed by atoms with Gasteiger partial charge in [0.25, 0.3) is 0 Å². The summed E-state index contributed by atoms with van der Waals surface area (Å²) in [6.07, 6.45) is -0.464. The Kier molecular flexibility index (Phi) is 6.01. The lowest BCUT2D eigenvalue weighted by atomic mass is 9.82. The number of halogens is 1. The second-order valence-corrected chi connectivity index (χ2v) is 10.2. The van der Waals surface area contributed by atoms with Crippen molar-refractivity contribution in [1.29, 1.82) is 0 Å². The largest absolute Gasteiger partial charge is 0.481 e. The fourth-order valence-corrected chi connectivity index (χ4v) is 4.24. The quantitative estimate of drug-likeness (QED) is 0.663. The first-order valence-electron chi connectivity index (χ1n) is 11.3. The Bertz CT molecular complexity index is 1090. The summed E-state index contributed by atoms with van der Waals surface area (Å²) in [5.74, 6) is -0.844. The summed E-state index contributed by atoms with van der Waals surface area (Å²) in [6.45, 7) is 7.99. The zero-order chi connectivity index (χ0) is 24.8. The van der Waals surface area contributed by atoms with Gasteiger partial charge in [-0.15, -0.1) is 0 Å². The molecule has 0 spiro atoms. The van der Waals surface area contributed by atoms with E-state index >= 15 is 0 Å². The molecule has 3 atom stereocenters. The van der Waals surface area contributed by atoms with E-state index in [1.807, 2.05) is 20.8 Å². The van der Waals surface area contributed by atoms with Gasteiger partial charge in [0, 0.05) is 43.1 Å². The number of nitrogens with zero attached hydrogens (tertiary/aromatic N) is 2. The molecule has 0 bridgehead atoms. The van der Waals surface area contributed by atoms with Crippen molar-refractivity contribution in [3.8, 4) is 17.1 Å². The van der Waals surface area contributed by atoms with Gasteiger partial charge < -0.3 is 25.2 Å². The van der Waals surface area contributed by atoms with Crippen molar-refractivity contribution in [2.24, 2.45) is 17.6 Å². The number of benzene rings is 1. The van der Waals surface area contributed by atoms with Crippen molar-refractivity contribution in [2.45, 2.75) is 44.8 Å². The van der Waals surface area contributed by atoms with Crippen LogP contribution in [0, 0.1) is 17.7 Å². The van der Waals surface area contributed by atoms with Crippen molar-refractivity contribution in [3.63, 3.8) is 0 Å². The molecule has 2 heterocycles. The molecule has 8 nitrogen and oxygen atoms in total. The highest BCUT2D eigenvalue weighted by Gasteiger charge is 2.59. The van der Waals surface area contributed by atoms with E-state index < -0.39 is 17.0 Å². The normalized spacial score (nSPS) is 23.1. The summed E-state index contributed by atoms with van der Waals surface area (Å²) in [5.41, 5.74) is 5.48. The summed E-state index contributed by atoms with van der Waals surface area (Å²) < 4.78 is 25.0. The minimum Gasteiger partial charge on any atom is -0.481 e. The monoisotopic (exact) mass is 471 g/mol. The second-order valence-electron chi connectivity index (χ2n) is 10.2. The highest BCUT2D eigenvalue weighted by molar-refractivity contribution is 5.82. The molecule has 3 N–H and O–H groups in total. The standard InChI is InChI=1S/C25H30FN3O5/c1-24(2,3)34-23(32)29-11-17-18(12-29)21(17)33-20-10-15(25(4,13-27)22(30)31)9-19(28-20)14-5-7-16(26)8-6-14/h5-10,17-18,21H,11-13,27H2,1-4H3,(H,30,31). The van der Waals surface area contributed by atoms with Gasteiger partial charge in [0.15, 0.2) is 0 Å². The van der Waals surface area contributed by atoms with Crippen LogP contribution < -0.4 is 10.5 Å². The molecule has 182 valence electrons. The Hall–Kier alpha value is -3.20. The molecule has 1 saturated heterocycles. The number of hydrogen-bond donors (Lipinski definition) is 2. The maximum Gasteiger partial charge on any atom is 0.410 e. The highest BCUT2D eigenvalue weighted by Crippen LogP contribution is 2.48. The van der Waals surface area contributed by atoms with Crippen molar-refractivity contribution in [3.05, 3.63) is 47.8 Å². The van der Waals surface area contributed by atoms with Crippen LogP contribution in [0.5, 0.6) is 5.88 Å². The molecule has 34 heavy (non-hydrogen) atoms. The number of aliphatic carboxylic acids is 1. The Morgan fingerprint density at radius 2 is 1.76 bits per heavy atom. The minimum atomic E-state index is -1.34. The minimum absolute atomic E-state index is 0.117. The van der Waals surface area contributed by atoms with E-state index in [4.69, 9.17) is 15.2 Å². The number of amides is 1. The molecule has 2 aromatic rings. The summed E-state index contributed by atoms with van der Waals surface area (Å²) >= 11 is 0. The number of fused-ring (bicyclic) bond motifs is 1. The molecule has 1 aliphatic carbocycles. The molecule has 1 aromatic heterocycles. The fraction of sp³-hybridized carbons (Fsp3) is 0.480. The summed E-state index contributed by atoms with van der Waals surface area (Å²) in [5, 5.41) is 9.82. The van der Waals surface area contributed by atoms with Crippen LogP contribution in [0.25, 0.3) is 11.3 Å². The van der Waals surface area contributed by atoms with E-state index in [0.717, 1.165) is 0 Å². The first-order chi connectivity index (χ1) is 15.9. The molecule has 9 heteroatoms. The van der Waals surface area contributed by atoms with E-state index in [1.165, 1.54) is 12.1 Å². The third-order valence-electron chi connectivity index (χ3n) is 6.48. The van der Waals surface area contributed by atoms with Crippen molar-refractivity contribution >= 4 is 12.1 Å². The number of pyridine rings is 1.